The third-order valence-electron chi connectivity index (χ3n) is 12.2. The van der Waals surface area contributed by atoms with E-state index in [4.69, 9.17) is 15.0 Å². The van der Waals surface area contributed by atoms with Gasteiger partial charge in [0.05, 0.1) is 11.1 Å². The van der Waals surface area contributed by atoms with Gasteiger partial charge in [-0.25, -0.2) is 15.0 Å². The fourth-order valence-corrected chi connectivity index (χ4v) is 9.89. The summed E-state index contributed by atoms with van der Waals surface area (Å²) in [7, 11) is 0. The maximum Gasteiger partial charge on any atom is 0.246 e. The van der Waals surface area contributed by atoms with Crippen molar-refractivity contribution in [3.63, 3.8) is 0 Å². The van der Waals surface area contributed by atoms with Crippen molar-refractivity contribution >= 4 is 40.2 Å². The van der Waals surface area contributed by atoms with Crippen LogP contribution in [0.3, 0.4) is 0 Å². The van der Waals surface area contributed by atoms with Crippen LogP contribution in [-0.2, 0) is 5.41 Å². The van der Waals surface area contributed by atoms with Crippen LogP contribution in [0.4, 0.5) is 17.1 Å². The molecule has 264 valence electrons. The second-order valence-corrected chi connectivity index (χ2v) is 15.1. The van der Waals surface area contributed by atoms with Crippen molar-refractivity contribution in [2.24, 2.45) is 0 Å². The molecule has 12 rings (SSSR count). The molecule has 1 spiro atoms. The molecule has 8 aromatic carbocycles. The van der Waals surface area contributed by atoms with Crippen LogP contribution >= 0.6 is 0 Å². The van der Waals surface area contributed by atoms with Crippen molar-refractivity contribution < 1.29 is 0 Å². The monoisotopic (exact) mass is 724 g/mol. The van der Waals surface area contributed by atoms with Crippen LogP contribution in [0.25, 0.3) is 45.3 Å². The number of hydrogen-bond acceptors (Lipinski definition) is 4. The summed E-state index contributed by atoms with van der Waals surface area (Å²) < 4.78 is 0. The molecule has 1 aromatic heterocycles. The third kappa shape index (κ3) is 4.54. The van der Waals surface area contributed by atoms with Gasteiger partial charge in [0.1, 0.15) is 0 Å². The van der Waals surface area contributed by atoms with Gasteiger partial charge < -0.3 is 4.90 Å². The summed E-state index contributed by atoms with van der Waals surface area (Å²) in [6, 6.07) is 72.3. The molecule has 1 aliphatic carbocycles. The minimum Gasteiger partial charge on any atom is -0.311 e. The Hall–Kier alpha value is -7.37. The number of para-hydroxylation sites is 2. The minimum atomic E-state index is -0.495. The molecule has 9 aromatic rings. The Morgan fingerprint density at radius 2 is 0.877 bits per heavy atom. The molecule has 3 aliphatic rings. The lowest BCUT2D eigenvalue weighted by Crippen LogP contribution is -2.58. The van der Waals surface area contributed by atoms with E-state index in [9.17, 15) is 0 Å². The van der Waals surface area contributed by atoms with Crippen LogP contribution in [0.5, 0.6) is 0 Å². The molecule has 0 saturated carbocycles. The SMILES string of the molecule is c1ccc(B2c3ccc(-c4nc(-c5ccccc5)nc(-c5ccccc5)n4)cc3N3c4ccccc4C4(c5ccccc5-c5ccccc54)c4cccc2c43)cc1. The second kappa shape index (κ2) is 12.3. The van der Waals surface area contributed by atoms with Crippen molar-refractivity contribution in [2.75, 3.05) is 4.90 Å². The van der Waals surface area contributed by atoms with Crippen molar-refractivity contribution in [1.29, 1.82) is 0 Å². The van der Waals surface area contributed by atoms with Gasteiger partial charge in [-0.05, 0) is 56.4 Å². The molecule has 0 fully saturated rings. The second-order valence-electron chi connectivity index (χ2n) is 15.1. The Kier molecular flexibility index (Phi) is 6.90. The molecule has 5 heteroatoms. The first-order valence-corrected chi connectivity index (χ1v) is 19.6. The number of benzene rings is 8. The number of rotatable bonds is 4. The van der Waals surface area contributed by atoms with E-state index >= 15 is 0 Å². The van der Waals surface area contributed by atoms with Crippen LogP contribution < -0.4 is 21.3 Å². The molecule has 0 N–H and O–H groups in total. The standard InChI is InChI=1S/C52H33BN4/c1-4-17-34(18-5-1)49-54-50(35-19-6-2-7-20-35)56-51(55-49)36-31-32-44-47(33-36)57-46-30-15-14-27-42(46)52(40-25-12-10-23-38(40)39-24-11-13-26-41(39)52)43-28-16-29-45(48(43)57)53(44)37-21-8-3-9-22-37/h1-33H. The average molecular weight is 725 g/mol. The zero-order valence-corrected chi connectivity index (χ0v) is 30.9. The molecule has 57 heavy (non-hydrogen) atoms. The van der Waals surface area contributed by atoms with E-state index < -0.39 is 5.41 Å². The molecule has 4 nitrogen and oxygen atoms in total. The Morgan fingerprint density at radius 1 is 0.368 bits per heavy atom. The zero-order chi connectivity index (χ0) is 37.5. The number of aromatic nitrogens is 3. The summed E-state index contributed by atoms with van der Waals surface area (Å²) in [5.41, 5.74) is 17.5. The van der Waals surface area contributed by atoms with Crippen molar-refractivity contribution in [3.05, 3.63) is 222 Å². The Morgan fingerprint density at radius 3 is 1.51 bits per heavy atom. The number of nitrogens with zero attached hydrogens (tertiary/aromatic N) is 4. The fourth-order valence-electron chi connectivity index (χ4n) is 9.89. The van der Waals surface area contributed by atoms with Crippen LogP contribution in [0.2, 0.25) is 0 Å². The first kappa shape index (κ1) is 31.9. The van der Waals surface area contributed by atoms with E-state index in [1.807, 2.05) is 36.4 Å². The van der Waals surface area contributed by atoms with E-state index in [1.165, 1.54) is 61.1 Å². The van der Waals surface area contributed by atoms with Crippen LogP contribution in [0.1, 0.15) is 22.3 Å². The summed E-state index contributed by atoms with van der Waals surface area (Å²) >= 11 is 0. The van der Waals surface area contributed by atoms with Crippen LogP contribution in [0.15, 0.2) is 200 Å². The quantitative estimate of drug-likeness (QED) is 0.170. The minimum absolute atomic E-state index is 0.00812. The highest BCUT2D eigenvalue weighted by Crippen LogP contribution is 2.63. The number of fused-ring (bicyclic) bond motifs is 11. The van der Waals surface area contributed by atoms with Gasteiger partial charge in [-0.3, -0.25) is 0 Å². The highest BCUT2D eigenvalue weighted by atomic mass is 15.2. The summed E-state index contributed by atoms with van der Waals surface area (Å²) in [6.45, 7) is 0.00812. The maximum atomic E-state index is 5.16. The van der Waals surface area contributed by atoms with E-state index in [0.29, 0.717) is 17.5 Å². The van der Waals surface area contributed by atoms with Gasteiger partial charge >= 0.3 is 0 Å². The van der Waals surface area contributed by atoms with E-state index in [0.717, 1.165) is 22.4 Å². The molecule has 3 heterocycles. The predicted octanol–water partition coefficient (Wildman–Crippen LogP) is 9.85. The van der Waals surface area contributed by atoms with Gasteiger partial charge in [-0.1, -0.05) is 194 Å². The lowest BCUT2D eigenvalue weighted by molar-refractivity contribution is 0.753. The number of hydrogen-bond donors (Lipinski definition) is 0. The largest absolute Gasteiger partial charge is 0.311 e. The van der Waals surface area contributed by atoms with E-state index in [2.05, 4.69) is 169 Å². The predicted molar refractivity (Wildman–Crippen MR) is 233 cm³/mol. The number of anilines is 3. The summed E-state index contributed by atoms with van der Waals surface area (Å²) in [5, 5.41) is 0. The van der Waals surface area contributed by atoms with Gasteiger partial charge in [0, 0.05) is 28.1 Å². The van der Waals surface area contributed by atoms with E-state index in [1.54, 1.807) is 0 Å². The van der Waals surface area contributed by atoms with Crippen molar-refractivity contribution in [2.45, 2.75) is 5.41 Å². The summed E-state index contributed by atoms with van der Waals surface area (Å²) in [5.74, 6) is 1.94. The molecule has 0 radical (unpaired) electrons. The van der Waals surface area contributed by atoms with Crippen LogP contribution in [-0.4, -0.2) is 21.7 Å². The highest BCUT2D eigenvalue weighted by Gasteiger charge is 2.53. The smallest absolute Gasteiger partial charge is 0.246 e. The van der Waals surface area contributed by atoms with Gasteiger partial charge in [-0.15, -0.1) is 0 Å². The first-order valence-electron chi connectivity index (χ1n) is 19.6. The lowest BCUT2D eigenvalue weighted by atomic mass is 9.34. The van der Waals surface area contributed by atoms with Gasteiger partial charge in [0.15, 0.2) is 17.5 Å². The fraction of sp³-hybridized carbons (Fsp3) is 0.0192. The van der Waals surface area contributed by atoms with E-state index in [-0.39, 0.29) is 6.71 Å². The maximum absolute atomic E-state index is 5.16. The third-order valence-corrected chi connectivity index (χ3v) is 12.2. The van der Waals surface area contributed by atoms with Crippen molar-refractivity contribution in [1.82, 2.24) is 15.0 Å². The molecular weight excluding hydrogens is 691 g/mol. The normalized spacial score (nSPS) is 13.7. The molecule has 0 atom stereocenters. The lowest BCUT2D eigenvalue weighted by Gasteiger charge is -2.49. The average Bonchev–Trinajstić information content (AvgIpc) is 3.59. The van der Waals surface area contributed by atoms with Gasteiger partial charge in [0.25, 0.3) is 0 Å². The first-order chi connectivity index (χ1) is 28.3. The Balaban J connectivity index is 1.15. The Bertz CT molecular complexity index is 2930. The van der Waals surface area contributed by atoms with Gasteiger partial charge in [0.2, 0.25) is 6.71 Å². The molecule has 0 unspecified atom stereocenters. The van der Waals surface area contributed by atoms with Gasteiger partial charge in [-0.2, -0.15) is 0 Å². The zero-order valence-electron chi connectivity index (χ0n) is 30.9. The highest BCUT2D eigenvalue weighted by molar-refractivity contribution is 6.98. The molecule has 2 aliphatic heterocycles. The topological polar surface area (TPSA) is 41.9 Å². The summed E-state index contributed by atoms with van der Waals surface area (Å²) in [6.07, 6.45) is 0. The Labute approximate surface area is 331 Å². The molecule has 0 saturated heterocycles. The summed E-state index contributed by atoms with van der Waals surface area (Å²) in [4.78, 5) is 17.9. The van der Waals surface area contributed by atoms with Crippen LogP contribution in [0, 0.1) is 0 Å². The molecule has 0 amide bonds. The molecular formula is C52H33BN4. The molecule has 0 bridgehead atoms. The van der Waals surface area contributed by atoms with Crippen molar-refractivity contribution in [3.8, 4) is 45.3 Å².